The normalized spacial score (nSPS) is 24.5. The summed E-state index contributed by atoms with van der Waals surface area (Å²) in [5, 5.41) is 17.5. The molecule has 3 aliphatic rings. The second-order valence-corrected chi connectivity index (χ2v) is 11.9. The van der Waals surface area contributed by atoms with Crippen LogP contribution in [0.4, 0.5) is 0 Å². The Bertz CT molecular complexity index is 1630. The number of benzene rings is 2. The smallest absolute Gasteiger partial charge is 0.399 e. The number of aromatic nitrogens is 2. The van der Waals surface area contributed by atoms with Crippen LogP contribution in [0.3, 0.4) is 0 Å². The second-order valence-electron chi connectivity index (χ2n) is 11.9. The van der Waals surface area contributed by atoms with Crippen LogP contribution < -0.4 is 22.5 Å². The number of H-pyrrole nitrogens is 1. The van der Waals surface area contributed by atoms with Gasteiger partial charge in [0.25, 0.3) is 0 Å². The Balaban J connectivity index is 1.43. The van der Waals surface area contributed by atoms with Crippen molar-refractivity contribution >= 4 is 11.6 Å². The average molecular weight is 566 g/mol. The van der Waals surface area contributed by atoms with Crippen LogP contribution in [0.15, 0.2) is 64.6 Å². The van der Waals surface area contributed by atoms with Gasteiger partial charge in [-0.3, -0.25) is 14.3 Å². The van der Waals surface area contributed by atoms with E-state index in [0.717, 1.165) is 46.4 Å². The number of piperidine rings is 1. The summed E-state index contributed by atoms with van der Waals surface area (Å²) >= 11 is 0. The molecule has 1 saturated carbocycles. The fraction of sp³-hybridized carbons (Fsp3) is 0.375. The Kier molecular flexibility index (Phi) is 6.78. The number of hydrogen-bond acceptors (Lipinski definition) is 8. The van der Waals surface area contributed by atoms with Crippen LogP contribution in [0.2, 0.25) is 0 Å². The summed E-state index contributed by atoms with van der Waals surface area (Å²) in [5.74, 6) is -0.192. The van der Waals surface area contributed by atoms with Crippen molar-refractivity contribution < 1.29 is 9.32 Å². The van der Waals surface area contributed by atoms with Crippen LogP contribution in [0, 0.1) is 17.2 Å². The van der Waals surface area contributed by atoms with Crippen molar-refractivity contribution in [3.8, 4) is 6.07 Å². The molecule has 216 valence electrons. The molecule has 2 aliphatic carbocycles. The van der Waals surface area contributed by atoms with Crippen molar-refractivity contribution in [3.05, 3.63) is 105 Å². The molecule has 10 nitrogen and oxygen atoms in total. The van der Waals surface area contributed by atoms with E-state index in [2.05, 4.69) is 46.5 Å². The number of nitriles is 1. The van der Waals surface area contributed by atoms with E-state index in [1.165, 1.54) is 0 Å². The zero-order chi connectivity index (χ0) is 29.8. The molecular weight excluding hydrogens is 530 g/mol. The maximum Gasteiger partial charge on any atom is 0.438 e. The van der Waals surface area contributed by atoms with Gasteiger partial charge in [-0.1, -0.05) is 36.5 Å². The quantitative estimate of drug-likeness (QED) is 0.307. The van der Waals surface area contributed by atoms with E-state index >= 15 is 0 Å². The van der Waals surface area contributed by atoms with Crippen molar-refractivity contribution in [2.75, 3.05) is 6.54 Å². The summed E-state index contributed by atoms with van der Waals surface area (Å²) in [6.07, 6.45) is 3.82. The number of fused-ring (bicyclic) bond motifs is 3. The third-order valence-electron chi connectivity index (χ3n) is 9.18. The summed E-state index contributed by atoms with van der Waals surface area (Å²) in [7, 11) is 0. The van der Waals surface area contributed by atoms with E-state index in [-0.39, 0.29) is 12.1 Å². The first-order chi connectivity index (χ1) is 20.1. The van der Waals surface area contributed by atoms with Gasteiger partial charge in [0.2, 0.25) is 5.91 Å². The van der Waals surface area contributed by atoms with Crippen molar-refractivity contribution in [2.45, 2.75) is 62.6 Å². The molecule has 10 heteroatoms. The maximum atomic E-state index is 12.4. The molecule has 1 saturated heterocycles. The van der Waals surface area contributed by atoms with Gasteiger partial charge in [0.15, 0.2) is 5.82 Å². The molecule has 2 unspecified atom stereocenters. The summed E-state index contributed by atoms with van der Waals surface area (Å²) < 4.78 is 5.08. The molecule has 6 N–H and O–H groups in total. The van der Waals surface area contributed by atoms with Gasteiger partial charge in [-0.2, -0.15) is 5.26 Å². The van der Waals surface area contributed by atoms with Gasteiger partial charge in [-0.05, 0) is 91.0 Å². The molecule has 2 aromatic carbocycles. The molecule has 0 bridgehead atoms. The Hall–Kier alpha value is -4.62. The standard InChI is InChI=1S/C32H35N7O3/c1-17(36-16-18(2)39-25(15-33)12-24-13-28(24)39)14-32(30-37-31(41)42-38-30)26-8-6-20(19(3)34)10-21(26)4-5-22-11-23(29(35)40)7-9-27(22)32/h6-11,17,24-25,28,36H,2-5,12-14,16,34H2,1H3,(H2,35,40)(H,37,38,41)/t17-,24+,25?,28-,32?/m0/s1. The summed E-state index contributed by atoms with van der Waals surface area (Å²) in [6, 6.07) is 14.1. The van der Waals surface area contributed by atoms with Gasteiger partial charge in [0, 0.05) is 35.6 Å². The number of aryl methyl sites for hydroxylation is 2. The number of carbonyl (C=O) groups is 1. The molecule has 1 aromatic heterocycles. The van der Waals surface area contributed by atoms with Crippen LogP contribution in [-0.2, 0) is 18.3 Å². The Morgan fingerprint density at radius 2 is 1.86 bits per heavy atom. The first-order valence-electron chi connectivity index (χ1n) is 14.3. The molecule has 3 aromatic rings. The molecule has 0 spiro atoms. The van der Waals surface area contributed by atoms with Crippen molar-refractivity contribution in [3.63, 3.8) is 0 Å². The van der Waals surface area contributed by atoms with E-state index in [1.54, 1.807) is 6.07 Å². The highest BCUT2D eigenvalue weighted by Gasteiger charge is 2.52. The van der Waals surface area contributed by atoms with Crippen LogP contribution in [0.25, 0.3) is 5.70 Å². The highest BCUT2D eigenvalue weighted by atomic mass is 16.5. The Morgan fingerprint density at radius 1 is 1.19 bits per heavy atom. The second kappa shape index (κ2) is 10.3. The van der Waals surface area contributed by atoms with Crippen LogP contribution in [0.1, 0.15) is 70.2 Å². The third kappa shape index (κ3) is 4.60. The van der Waals surface area contributed by atoms with Crippen molar-refractivity contribution in [2.24, 2.45) is 17.4 Å². The fourth-order valence-electron chi connectivity index (χ4n) is 7.13. The van der Waals surface area contributed by atoms with Gasteiger partial charge in [0.05, 0.1) is 11.5 Å². The molecule has 6 rings (SSSR count). The lowest BCUT2D eigenvalue weighted by atomic mass is 9.67. The zero-order valence-electron chi connectivity index (χ0n) is 23.7. The average Bonchev–Trinajstić information content (AvgIpc) is 3.46. The van der Waals surface area contributed by atoms with E-state index in [1.807, 2.05) is 30.3 Å². The number of nitrogens with one attached hydrogen (secondary N) is 2. The third-order valence-corrected chi connectivity index (χ3v) is 9.18. The molecule has 1 aliphatic heterocycles. The lowest BCUT2D eigenvalue weighted by Crippen LogP contribution is -2.42. The predicted octanol–water partition coefficient (Wildman–Crippen LogP) is 2.69. The number of nitrogens with zero attached hydrogens (tertiary/aromatic N) is 3. The molecule has 0 radical (unpaired) electrons. The molecule has 2 fully saturated rings. The number of aromatic amines is 1. The summed E-state index contributed by atoms with van der Waals surface area (Å²) in [4.78, 5) is 29.5. The molecule has 5 atom stereocenters. The van der Waals surface area contributed by atoms with Gasteiger partial charge in [-0.25, -0.2) is 4.79 Å². The van der Waals surface area contributed by atoms with E-state index in [4.69, 9.17) is 16.0 Å². The zero-order valence-corrected chi connectivity index (χ0v) is 23.7. The van der Waals surface area contributed by atoms with E-state index in [0.29, 0.717) is 54.9 Å². The first kappa shape index (κ1) is 27.5. The van der Waals surface area contributed by atoms with Crippen LogP contribution in [-0.4, -0.2) is 45.6 Å². The van der Waals surface area contributed by atoms with Crippen molar-refractivity contribution in [1.29, 1.82) is 5.26 Å². The number of primary amides is 1. The molecule has 2 heterocycles. The minimum Gasteiger partial charge on any atom is -0.399 e. The van der Waals surface area contributed by atoms with Gasteiger partial charge in [-0.15, -0.1) is 0 Å². The minimum atomic E-state index is -0.934. The van der Waals surface area contributed by atoms with Gasteiger partial charge in [0.1, 0.15) is 6.04 Å². The minimum absolute atomic E-state index is 0.0983. The summed E-state index contributed by atoms with van der Waals surface area (Å²) in [5.41, 5.74) is 17.2. The number of carbonyl (C=O) groups excluding carboxylic acids is 1. The molecule has 42 heavy (non-hydrogen) atoms. The van der Waals surface area contributed by atoms with Gasteiger partial charge >= 0.3 is 5.76 Å². The number of rotatable bonds is 9. The number of amides is 1. The van der Waals surface area contributed by atoms with Crippen molar-refractivity contribution in [1.82, 2.24) is 20.4 Å². The largest absolute Gasteiger partial charge is 0.438 e. The highest BCUT2D eigenvalue weighted by molar-refractivity contribution is 5.93. The lowest BCUT2D eigenvalue weighted by molar-refractivity contribution is 0.1000. The number of nitrogens with two attached hydrogens (primary N) is 2. The SMILES string of the molecule is C=C(N)c1ccc2c(c1)CCc1cc(C(N)=O)ccc1C2(C[C@H](C)NCC(=C)N1C(C#N)C[C@@H]2C[C@@H]21)c1noc(=O)[nH]1. The Morgan fingerprint density at radius 3 is 2.45 bits per heavy atom. The van der Waals surface area contributed by atoms with Crippen LogP contribution >= 0.6 is 0 Å². The Labute approximate surface area is 244 Å². The monoisotopic (exact) mass is 565 g/mol. The fourth-order valence-corrected chi connectivity index (χ4v) is 7.13. The predicted molar refractivity (Wildman–Crippen MR) is 158 cm³/mol. The molecular formula is C32H35N7O3. The maximum absolute atomic E-state index is 12.4. The number of likely N-dealkylation sites (tertiary alicyclic amines) is 1. The van der Waals surface area contributed by atoms with E-state index < -0.39 is 17.1 Å². The topological polar surface area (TPSA) is 167 Å². The van der Waals surface area contributed by atoms with Crippen LogP contribution in [0.5, 0.6) is 0 Å². The van der Waals surface area contributed by atoms with E-state index in [9.17, 15) is 14.9 Å². The van der Waals surface area contributed by atoms with Gasteiger partial charge < -0.3 is 21.7 Å². The number of hydrogen-bond donors (Lipinski definition) is 4. The molecule has 1 amide bonds. The lowest BCUT2D eigenvalue weighted by Gasteiger charge is -2.37. The highest BCUT2D eigenvalue weighted by Crippen LogP contribution is 2.49. The first-order valence-corrected chi connectivity index (χ1v) is 14.3. The summed E-state index contributed by atoms with van der Waals surface area (Å²) in [6.45, 7) is 10.8.